The first-order valence-corrected chi connectivity index (χ1v) is 10.5. The first-order valence-electron chi connectivity index (χ1n) is 10.5. The maximum absolute atomic E-state index is 13.7. The molecule has 0 saturated heterocycles. The van der Waals surface area contributed by atoms with Crippen LogP contribution in [0, 0.1) is 16.6 Å². The third-order valence-electron chi connectivity index (χ3n) is 6.39. The molecule has 0 bridgehead atoms. The highest BCUT2D eigenvalue weighted by Gasteiger charge is 2.49. The Kier molecular flexibility index (Phi) is 4.42. The van der Waals surface area contributed by atoms with Gasteiger partial charge < -0.3 is 0 Å². The molecule has 4 heteroatoms. The molecule has 0 saturated carbocycles. The van der Waals surface area contributed by atoms with Crippen molar-refractivity contribution in [3.05, 3.63) is 63.7 Å². The van der Waals surface area contributed by atoms with Crippen molar-refractivity contribution in [3.8, 4) is 0 Å². The Morgan fingerprint density at radius 2 is 1.76 bits per heavy atom. The number of nitrogens with zero attached hydrogens (tertiary/aromatic N) is 1. The minimum atomic E-state index is -0.613. The van der Waals surface area contributed by atoms with Crippen molar-refractivity contribution < 1.29 is 9.18 Å². The van der Waals surface area contributed by atoms with Crippen LogP contribution in [0.25, 0.3) is 0 Å². The van der Waals surface area contributed by atoms with Gasteiger partial charge in [-0.15, -0.1) is 0 Å². The summed E-state index contributed by atoms with van der Waals surface area (Å²) in [6, 6.07) is 6.65. The van der Waals surface area contributed by atoms with Crippen LogP contribution in [0.2, 0.25) is 0 Å². The molecule has 2 aromatic rings. The zero-order chi connectivity index (χ0) is 21.2. The molecule has 0 aliphatic heterocycles. The molecule has 1 atom stereocenters. The van der Waals surface area contributed by atoms with Crippen molar-refractivity contribution in [3.63, 3.8) is 0 Å². The summed E-state index contributed by atoms with van der Waals surface area (Å²) in [4.78, 5) is 13.5. The number of Topliss-reactive ketones (excluding diaryl/α,β-unsaturated/α-hetero) is 1. The molecular weight excluding hydrogens is 363 g/mol. The van der Waals surface area contributed by atoms with Gasteiger partial charge in [0.2, 0.25) is 0 Å². The lowest BCUT2D eigenvalue weighted by atomic mass is 9.58. The first-order chi connectivity index (χ1) is 13.4. The van der Waals surface area contributed by atoms with Gasteiger partial charge in [-0.2, -0.15) is 5.10 Å². The molecule has 154 valence electrons. The van der Waals surface area contributed by atoms with E-state index in [1.165, 1.54) is 17.7 Å². The number of hydrogen-bond acceptors (Lipinski definition) is 2. The number of halogens is 1. The number of fused-ring (bicyclic) bond motifs is 1. The highest BCUT2D eigenvalue weighted by molar-refractivity contribution is 6.01. The van der Waals surface area contributed by atoms with E-state index in [-0.39, 0.29) is 22.4 Å². The van der Waals surface area contributed by atoms with Gasteiger partial charge in [0.05, 0.1) is 5.69 Å². The number of H-pyrrole nitrogens is 1. The number of allylic oxidation sites excluding steroid dienone is 2. The Morgan fingerprint density at radius 3 is 2.38 bits per heavy atom. The normalized spacial score (nSPS) is 23.8. The number of nitrogens with one attached hydrogen (secondary N) is 1. The summed E-state index contributed by atoms with van der Waals surface area (Å²) in [6.45, 7) is 13.1. The van der Waals surface area contributed by atoms with Crippen LogP contribution in [-0.2, 0) is 23.1 Å². The van der Waals surface area contributed by atoms with Gasteiger partial charge in [0.1, 0.15) is 5.82 Å². The molecule has 0 fully saturated rings. The fourth-order valence-electron chi connectivity index (χ4n) is 5.41. The summed E-state index contributed by atoms with van der Waals surface area (Å²) in [5.41, 5.74) is 5.72. The lowest BCUT2D eigenvalue weighted by molar-refractivity contribution is -0.118. The van der Waals surface area contributed by atoms with Gasteiger partial charge in [0.25, 0.3) is 0 Å². The molecule has 1 N–H and O–H groups in total. The van der Waals surface area contributed by atoms with Crippen LogP contribution < -0.4 is 0 Å². The van der Waals surface area contributed by atoms with Gasteiger partial charge in [-0.05, 0) is 48.3 Å². The maximum Gasteiger partial charge on any atom is 0.160 e. The van der Waals surface area contributed by atoms with Crippen LogP contribution in [0.15, 0.2) is 35.4 Å². The Bertz CT molecular complexity index is 1000. The van der Waals surface area contributed by atoms with Crippen LogP contribution in [0.3, 0.4) is 0 Å². The SMILES string of the molecule is CC(C)(C)Cc1n[nH]c2c1[C@@](C)(c1ccc(F)cc1)C1=C(C2)CC(C)(C)CC1=O. The van der Waals surface area contributed by atoms with E-state index in [2.05, 4.69) is 46.6 Å². The van der Waals surface area contributed by atoms with Gasteiger partial charge >= 0.3 is 0 Å². The van der Waals surface area contributed by atoms with E-state index < -0.39 is 5.41 Å². The number of hydrogen-bond donors (Lipinski definition) is 1. The standard InChI is InChI=1S/C25H31FN2O/c1-23(2,3)13-19-22-18(27-28-19)11-15-12-24(4,5)14-20(29)21(15)25(22,6)16-7-9-17(26)10-8-16/h7-10H,11-14H2,1-6H3,(H,27,28)/t25-/m0/s1. The molecule has 1 aromatic heterocycles. The molecule has 0 radical (unpaired) electrons. The van der Waals surface area contributed by atoms with E-state index in [1.807, 2.05) is 12.1 Å². The molecular formula is C25H31FN2O. The molecule has 2 aliphatic carbocycles. The quantitative estimate of drug-likeness (QED) is 0.712. The fourth-order valence-corrected chi connectivity index (χ4v) is 5.41. The third kappa shape index (κ3) is 3.37. The van der Waals surface area contributed by atoms with E-state index in [0.717, 1.165) is 47.4 Å². The number of benzene rings is 1. The number of aromatic amines is 1. The van der Waals surface area contributed by atoms with E-state index in [0.29, 0.717) is 6.42 Å². The molecule has 0 spiro atoms. The highest BCUT2D eigenvalue weighted by Crippen LogP contribution is 2.53. The van der Waals surface area contributed by atoms with Gasteiger partial charge in [0, 0.05) is 35.1 Å². The smallest absolute Gasteiger partial charge is 0.160 e. The van der Waals surface area contributed by atoms with E-state index in [4.69, 9.17) is 5.10 Å². The van der Waals surface area contributed by atoms with Gasteiger partial charge in [-0.1, -0.05) is 52.3 Å². The zero-order valence-corrected chi connectivity index (χ0v) is 18.4. The van der Waals surface area contributed by atoms with Gasteiger partial charge in [-0.3, -0.25) is 9.89 Å². The van der Waals surface area contributed by atoms with Crippen molar-refractivity contribution in [1.82, 2.24) is 10.2 Å². The van der Waals surface area contributed by atoms with E-state index in [1.54, 1.807) is 0 Å². The minimum absolute atomic E-state index is 0.0363. The molecule has 29 heavy (non-hydrogen) atoms. The summed E-state index contributed by atoms with van der Waals surface area (Å²) < 4.78 is 13.7. The summed E-state index contributed by atoms with van der Waals surface area (Å²) in [5.74, 6) is -0.0440. The Labute approximate surface area is 172 Å². The Morgan fingerprint density at radius 1 is 1.10 bits per heavy atom. The average molecular weight is 395 g/mol. The zero-order valence-electron chi connectivity index (χ0n) is 18.4. The monoisotopic (exact) mass is 394 g/mol. The Balaban J connectivity index is 1.98. The van der Waals surface area contributed by atoms with Crippen LogP contribution in [-0.4, -0.2) is 16.0 Å². The fraction of sp³-hybridized carbons (Fsp3) is 0.520. The van der Waals surface area contributed by atoms with Crippen LogP contribution in [0.5, 0.6) is 0 Å². The third-order valence-corrected chi connectivity index (χ3v) is 6.39. The van der Waals surface area contributed by atoms with Crippen molar-refractivity contribution in [1.29, 1.82) is 0 Å². The predicted molar refractivity (Wildman–Crippen MR) is 113 cm³/mol. The van der Waals surface area contributed by atoms with Crippen LogP contribution >= 0.6 is 0 Å². The van der Waals surface area contributed by atoms with Crippen LogP contribution in [0.4, 0.5) is 4.39 Å². The lowest BCUT2D eigenvalue weighted by Crippen LogP contribution is -2.41. The van der Waals surface area contributed by atoms with Crippen molar-refractivity contribution in [2.45, 2.75) is 72.6 Å². The molecule has 2 aliphatic rings. The topological polar surface area (TPSA) is 45.8 Å². The highest BCUT2D eigenvalue weighted by atomic mass is 19.1. The molecule has 4 rings (SSSR count). The molecule has 0 unspecified atom stereocenters. The number of ketones is 1. The lowest BCUT2D eigenvalue weighted by Gasteiger charge is -2.44. The summed E-state index contributed by atoms with van der Waals surface area (Å²) in [6.07, 6.45) is 3.01. The molecule has 0 amide bonds. The summed E-state index contributed by atoms with van der Waals surface area (Å²) in [7, 11) is 0. The van der Waals surface area contributed by atoms with Crippen molar-refractivity contribution in [2.75, 3.05) is 0 Å². The molecule has 3 nitrogen and oxygen atoms in total. The van der Waals surface area contributed by atoms with E-state index >= 15 is 0 Å². The maximum atomic E-state index is 13.7. The summed E-state index contributed by atoms with van der Waals surface area (Å²) >= 11 is 0. The minimum Gasteiger partial charge on any atom is -0.294 e. The average Bonchev–Trinajstić information content (AvgIpc) is 2.95. The molecule has 1 aromatic carbocycles. The number of carbonyl (C=O) groups excluding carboxylic acids is 1. The second kappa shape index (κ2) is 6.38. The molecule has 1 heterocycles. The summed E-state index contributed by atoms with van der Waals surface area (Å²) in [5, 5.41) is 7.99. The second-order valence-corrected chi connectivity index (χ2v) is 11.0. The van der Waals surface area contributed by atoms with Gasteiger partial charge in [0.15, 0.2) is 5.78 Å². The number of rotatable bonds is 2. The Hall–Kier alpha value is -2.23. The number of carbonyl (C=O) groups is 1. The number of aromatic nitrogens is 2. The first kappa shape index (κ1) is 20.1. The largest absolute Gasteiger partial charge is 0.294 e. The van der Waals surface area contributed by atoms with Crippen molar-refractivity contribution >= 4 is 5.78 Å². The second-order valence-electron chi connectivity index (χ2n) is 11.0. The van der Waals surface area contributed by atoms with E-state index in [9.17, 15) is 9.18 Å². The predicted octanol–water partition coefficient (Wildman–Crippen LogP) is 5.69. The van der Waals surface area contributed by atoms with Gasteiger partial charge in [-0.25, -0.2) is 4.39 Å². The van der Waals surface area contributed by atoms with Crippen LogP contribution in [0.1, 0.15) is 76.9 Å². The van der Waals surface area contributed by atoms with Crippen molar-refractivity contribution in [2.24, 2.45) is 10.8 Å².